The van der Waals surface area contributed by atoms with Crippen molar-refractivity contribution in [3.8, 4) is 0 Å². The van der Waals surface area contributed by atoms with E-state index in [1.54, 1.807) is 6.26 Å². The molecule has 5 heteroatoms. The van der Waals surface area contributed by atoms with Crippen LogP contribution in [0.4, 0.5) is 0 Å². The van der Waals surface area contributed by atoms with E-state index < -0.39 is 0 Å². The van der Waals surface area contributed by atoms with Gasteiger partial charge in [-0.3, -0.25) is 9.69 Å². The Labute approximate surface area is 114 Å². The maximum Gasteiger partial charge on any atom is 0.241 e. The maximum absolute atomic E-state index is 12.6. The summed E-state index contributed by atoms with van der Waals surface area (Å²) in [5, 5.41) is 3.11. The Morgan fingerprint density at radius 3 is 2.89 bits per heavy atom. The number of carbonyl (C=O) groups is 1. The van der Waals surface area contributed by atoms with Gasteiger partial charge in [0.05, 0.1) is 12.8 Å². The maximum atomic E-state index is 12.6. The van der Waals surface area contributed by atoms with Crippen molar-refractivity contribution in [2.75, 3.05) is 33.7 Å². The summed E-state index contributed by atoms with van der Waals surface area (Å²) in [5.41, 5.74) is 0. The zero-order valence-corrected chi connectivity index (χ0v) is 11.9. The standard InChI is InChI=1S/C14H23N3O2/c1-11-8-16(3)13(7-15-2)14(18)17(9-11)10-12-5-4-6-19-12/h4-6,11,13,15H,7-10H2,1-3H3. The number of amides is 1. The molecule has 1 aliphatic rings. The zero-order chi connectivity index (χ0) is 13.8. The van der Waals surface area contributed by atoms with Gasteiger partial charge >= 0.3 is 0 Å². The molecule has 1 saturated heterocycles. The predicted octanol–water partition coefficient (Wildman–Crippen LogP) is 0.778. The number of rotatable bonds is 4. The number of nitrogens with zero attached hydrogens (tertiary/aromatic N) is 2. The van der Waals surface area contributed by atoms with Gasteiger partial charge in [-0.25, -0.2) is 0 Å². The first-order chi connectivity index (χ1) is 9.11. The molecule has 2 atom stereocenters. The van der Waals surface area contributed by atoms with Gasteiger partial charge in [-0.05, 0) is 32.1 Å². The van der Waals surface area contributed by atoms with Crippen molar-refractivity contribution in [2.45, 2.75) is 19.5 Å². The molecule has 0 bridgehead atoms. The normalized spacial score (nSPS) is 25.6. The van der Waals surface area contributed by atoms with Gasteiger partial charge in [-0.15, -0.1) is 0 Å². The molecule has 2 heterocycles. The highest BCUT2D eigenvalue weighted by atomic mass is 16.3. The highest BCUT2D eigenvalue weighted by molar-refractivity contribution is 5.82. The second kappa shape index (κ2) is 6.21. The average Bonchev–Trinajstić information content (AvgIpc) is 2.83. The molecule has 1 aromatic heterocycles. The number of hydrogen-bond donors (Lipinski definition) is 1. The van der Waals surface area contributed by atoms with Crippen LogP contribution in [0.1, 0.15) is 12.7 Å². The van der Waals surface area contributed by atoms with E-state index in [4.69, 9.17) is 4.42 Å². The Hall–Kier alpha value is -1.33. The van der Waals surface area contributed by atoms with E-state index in [9.17, 15) is 4.79 Å². The van der Waals surface area contributed by atoms with Gasteiger partial charge in [0.1, 0.15) is 11.8 Å². The van der Waals surface area contributed by atoms with E-state index in [1.165, 1.54) is 0 Å². The summed E-state index contributed by atoms with van der Waals surface area (Å²) < 4.78 is 5.36. The molecule has 106 valence electrons. The Morgan fingerprint density at radius 1 is 1.47 bits per heavy atom. The van der Waals surface area contributed by atoms with Crippen molar-refractivity contribution in [1.29, 1.82) is 0 Å². The van der Waals surface area contributed by atoms with Crippen LogP contribution in [0.3, 0.4) is 0 Å². The minimum Gasteiger partial charge on any atom is -0.467 e. The number of likely N-dealkylation sites (N-methyl/N-ethyl adjacent to an activating group) is 2. The van der Waals surface area contributed by atoms with Crippen molar-refractivity contribution in [3.05, 3.63) is 24.2 Å². The lowest BCUT2D eigenvalue weighted by atomic mass is 10.1. The number of furan rings is 1. The van der Waals surface area contributed by atoms with Gasteiger partial charge in [-0.2, -0.15) is 0 Å². The van der Waals surface area contributed by atoms with E-state index in [2.05, 4.69) is 17.1 Å². The van der Waals surface area contributed by atoms with Gasteiger partial charge in [0.15, 0.2) is 0 Å². The molecule has 0 aromatic carbocycles. The van der Waals surface area contributed by atoms with Gasteiger partial charge in [0.2, 0.25) is 5.91 Å². The van der Waals surface area contributed by atoms with Gasteiger partial charge < -0.3 is 14.6 Å². The van der Waals surface area contributed by atoms with E-state index in [0.717, 1.165) is 18.8 Å². The van der Waals surface area contributed by atoms with Crippen LogP contribution >= 0.6 is 0 Å². The van der Waals surface area contributed by atoms with Crippen molar-refractivity contribution >= 4 is 5.91 Å². The summed E-state index contributed by atoms with van der Waals surface area (Å²) >= 11 is 0. The summed E-state index contributed by atoms with van der Waals surface area (Å²) in [6.45, 7) is 5.14. The molecule has 1 aliphatic heterocycles. The molecular weight excluding hydrogens is 242 g/mol. The molecule has 0 spiro atoms. The summed E-state index contributed by atoms with van der Waals surface area (Å²) in [6, 6.07) is 3.68. The SMILES string of the molecule is CNCC1C(=O)N(Cc2ccco2)CC(C)CN1C. The fourth-order valence-corrected chi connectivity index (χ4v) is 2.71. The quantitative estimate of drug-likeness (QED) is 0.874. The first-order valence-corrected chi connectivity index (χ1v) is 6.77. The molecule has 1 fully saturated rings. The molecule has 1 amide bonds. The summed E-state index contributed by atoms with van der Waals surface area (Å²) in [7, 11) is 3.90. The lowest BCUT2D eigenvalue weighted by molar-refractivity contribution is -0.135. The number of nitrogens with one attached hydrogen (secondary N) is 1. The van der Waals surface area contributed by atoms with Crippen LogP contribution in [0.25, 0.3) is 0 Å². The average molecular weight is 265 g/mol. The van der Waals surface area contributed by atoms with Crippen LogP contribution in [0.2, 0.25) is 0 Å². The molecular formula is C14H23N3O2. The van der Waals surface area contributed by atoms with Crippen LogP contribution in [0, 0.1) is 5.92 Å². The fraction of sp³-hybridized carbons (Fsp3) is 0.643. The van der Waals surface area contributed by atoms with Crippen LogP contribution in [-0.4, -0.2) is 55.5 Å². The molecule has 2 unspecified atom stereocenters. The van der Waals surface area contributed by atoms with Crippen molar-refractivity contribution in [3.63, 3.8) is 0 Å². The van der Waals surface area contributed by atoms with Gasteiger partial charge in [-0.1, -0.05) is 6.92 Å². The lowest BCUT2D eigenvalue weighted by Crippen LogP contribution is -2.48. The first kappa shape index (κ1) is 14.1. The minimum absolute atomic E-state index is 0.0927. The van der Waals surface area contributed by atoms with Crippen LogP contribution < -0.4 is 5.32 Å². The van der Waals surface area contributed by atoms with Crippen LogP contribution in [0.5, 0.6) is 0 Å². The summed E-state index contributed by atoms with van der Waals surface area (Å²) in [6.07, 6.45) is 1.65. The van der Waals surface area contributed by atoms with E-state index >= 15 is 0 Å². The molecule has 0 aliphatic carbocycles. The number of carbonyl (C=O) groups excluding carboxylic acids is 1. The first-order valence-electron chi connectivity index (χ1n) is 6.77. The molecule has 0 saturated carbocycles. The second-order valence-corrected chi connectivity index (χ2v) is 5.42. The Bertz CT molecular complexity index is 405. The molecule has 19 heavy (non-hydrogen) atoms. The zero-order valence-electron chi connectivity index (χ0n) is 11.9. The van der Waals surface area contributed by atoms with E-state index in [1.807, 2.05) is 31.1 Å². The minimum atomic E-state index is -0.0927. The third-order valence-corrected chi connectivity index (χ3v) is 3.58. The smallest absolute Gasteiger partial charge is 0.241 e. The molecule has 1 aromatic rings. The highest BCUT2D eigenvalue weighted by Gasteiger charge is 2.32. The molecule has 5 nitrogen and oxygen atoms in total. The van der Waals surface area contributed by atoms with Crippen LogP contribution in [0.15, 0.2) is 22.8 Å². The van der Waals surface area contributed by atoms with Gasteiger partial charge in [0.25, 0.3) is 0 Å². The Morgan fingerprint density at radius 2 is 2.26 bits per heavy atom. The summed E-state index contributed by atoms with van der Waals surface area (Å²) in [5.74, 6) is 1.48. The molecule has 1 N–H and O–H groups in total. The van der Waals surface area contributed by atoms with Gasteiger partial charge in [0, 0.05) is 19.6 Å². The number of hydrogen-bond acceptors (Lipinski definition) is 4. The van der Waals surface area contributed by atoms with Crippen LogP contribution in [-0.2, 0) is 11.3 Å². The van der Waals surface area contributed by atoms with E-state index in [0.29, 0.717) is 19.0 Å². The topological polar surface area (TPSA) is 48.7 Å². The van der Waals surface area contributed by atoms with Crippen molar-refractivity contribution in [2.24, 2.45) is 5.92 Å². The predicted molar refractivity (Wildman–Crippen MR) is 73.6 cm³/mol. The molecule has 0 radical (unpaired) electrons. The van der Waals surface area contributed by atoms with Crippen molar-refractivity contribution < 1.29 is 9.21 Å². The fourth-order valence-electron chi connectivity index (χ4n) is 2.71. The highest BCUT2D eigenvalue weighted by Crippen LogP contribution is 2.16. The third kappa shape index (κ3) is 3.36. The largest absolute Gasteiger partial charge is 0.467 e. The third-order valence-electron chi connectivity index (χ3n) is 3.58. The van der Waals surface area contributed by atoms with E-state index in [-0.39, 0.29) is 11.9 Å². The monoisotopic (exact) mass is 265 g/mol. The molecule has 2 rings (SSSR count). The summed E-state index contributed by atoms with van der Waals surface area (Å²) in [4.78, 5) is 16.7. The van der Waals surface area contributed by atoms with Crippen molar-refractivity contribution in [1.82, 2.24) is 15.1 Å². The second-order valence-electron chi connectivity index (χ2n) is 5.42. The Balaban J connectivity index is 2.13. The Kier molecular flexibility index (Phi) is 4.61. The lowest BCUT2D eigenvalue weighted by Gasteiger charge is -2.27.